The van der Waals surface area contributed by atoms with Crippen molar-refractivity contribution in [2.75, 3.05) is 31.3 Å². The van der Waals surface area contributed by atoms with E-state index in [-0.39, 0.29) is 0 Å². The van der Waals surface area contributed by atoms with Gasteiger partial charge in [-0.05, 0) is 48.1 Å². The molecule has 0 atom stereocenters. The van der Waals surface area contributed by atoms with Gasteiger partial charge in [0.15, 0.2) is 5.96 Å². The van der Waals surface area contributed by atoms with Gasteiger partial charge >= 0.3 is 0 Å². The molecule has 1 heterocycles. The zero-order valence-electron chi connectivity index (χ0n) is 16.3. The molecule has 1 aliphatic heterocycles. The van der Waals surface area contributed by atoms with Crippen LogP contribution in [0.1, 0.15) is 16.7 Å². The third-order valence-electron chi connectivity index (χ3n) is 4.69. The molecule has 2 aromatic carbocycles. The molecule has 0 bridgehead atoms. The van der Waals surface area contributed by atoms with Gasteiger partial charge in [0.2, 0.25) is 0 Å². The lowest BCUT2D eigenvalue weighted by molar-refractivity contribution is 0.801. The Bertz CT molecular complexity index is 804. The molecular formula is C22H28N4S. The van der Waals surface area contributed by atoms with Crippen molar-refractivity contribution in [1.29, 1.82) is 0 Å². The van der Waals surface area contributed by atoms with E-state index in [9.17, 15) is 0 Å². The first-order valence-corrected chi connectivity index (χ1v) is 10.5. The zero-order valence-corrected chi connectivity index (χ0v) is 17.1. The summed E-state index contributed by atoms with van der Waals surface area (Å²) in [4.78, 5) is 8.00. The Morgan fingerprint density at radius 1 is 1.04 bits per heavy atom. The number of aryl methyl sites for hydroxylation is 1. The predicted molar refractivity (Wildman–Crippen MR) is 118 cm³/mol. The van der Waals surface area contributed by atoms with Crippen molar-refractivity contribution < 1.29 is 0 Å². The Labute approximate surface area is 166 Å². The van der Waals surface area contributed by atoms with Crippen LogP contribution in [0.5, 0.6) is 0 Å². The summed E-state index contributed by atoms with van der Waals surface area (Å²) in [7, 11) is 1.81. The second-order valence-electron chi connectivity index (χ2n) is 6.64. The second kappa shape index (κ2) is 9.51. The normalized spacial score (nSPS) is 13.9. The Morgan fingerprint density at radius 2 is 1.74 bits per heavy atom. The van der Waals surface area contributed by atoms with Crippen LogP contribution in [0.15, 0.2) is 64.5 Å². The van der Waals surface area contributed by atoms with Crippen molar-refractivity contribution in [3.8, 4) is 0 Å². The molecule has 0 unspecified atom stereocenters. The van der Waals surface area contributed by atoms with E-state index in [2.05, 4.69) is 88.3 Å². The molecule has 0 radical (unpaired) electrons. The Hall–Kier alpha value is -2.40. The van der Waals surface area contributed by atoms with Crippen LogP contribution in [0.3, 0.4) is 0 Å². The molecule has 5 heteroatoms. The van der Waals surface area contributed by atoms with E-state index < -0.39 is 0 Å². The fourth-order valence-electron chi connectivity index (χ4n) is 3.10. The van der Waals surface area contributed by atoms with Crippen LogP contribution in [-0.2, 0) is 13.1 Å². The summed E-state index contributed by atoms with van der Waals surface area (Å²) in [5.74, 6) is 0.815. The second-order valence-corrected chi connectivity index (χ2v) is 7.49. The molecule has 2 aromatic rings. The molecular weight excluding hydrogens is 352 g/mol. The maximum Gasteiger partial charge on any atom is 0.191 e. The largest absolute Gasteiger partial charge is 0.364 e. The van der Waals surface area contributed by atoms with Crippen molar-refractivity contribution >= 4 is 23.4 Å². The number of hydrogen-bond donors (Lipinski definition) is 2. The van der Waals surface area contributed by atoms with Gasteiger partial charge in [0.25, 0.3) is 0 Å². The maximum atomic E-state index is 4.34. The summed E-state index contributed by atoms with van der Waals surface area (Å²) in [6, 6.07) is 15.3. The van der Waals surface area contributed by atoms with Crippen molar-refractivity contribution in [2.45, 2.75) is 24.9 Å². The number of aliphatic imine (C=N–C) groups is 1. The zero-order chi connectivity index (χ0) is 19.1. The smallest absolute Gasteiger partial charge is 0.191 e. The lowest BCUT2D eigenvalue weighted by Gasteiger charge is -2.18. The summed E-state index contributed by atoms with van der Waals surface area (Å²) in [5, 5.41) is 6.82. The van der Waals surface area contributed by atoms with E-state index >= 15 is 0 Å². The van der Waals surface area contributed by atoms with E-state index in [1.54, 1.807) is 11.8 Å². The van der Waals surface area contributed by atoms with Crippen LogP contribution in [0.4, 0.5) is 5.69 Å². The van der Waals surface area contributed by atoms with Crippen molar-refractivity contribution in [3.63, 3.8) is 0 Å². The summed E-state index contributed by atoms with van der Waals surface area (Å²) >= 11 is 1.78. The fraction of sp³-hybridized carbons (Fsp3) is 0.318. The average Bonchev–Trinajstić information content (AvgIpc) is 3.24. The Morgan fingerprint density at radius 3 is 2.41 bits per heavy atom. The number of benzene rings is 2. The lowest BCUT2D eigenvalue weighted by atomic mass is 10.1. The summed E-state index contributed by atoms with van der Waals surface area (Å²) in [5.41, 5.74) is 5.10. The highest BCUT2D eigenvalue weighted by Gasteiger charge is 2.07. The fourth-order valence-corrected chi connectivity index (χ4v) is 3.80. The third kappa shape index (κ3) is 5.30. The van der Waals surface area contributed by atoms with Gasteiger partial charge in [0.1, 0.15) is 0 Å². The van der Waals surface area contributed by atoms with Crippen molar-refractivity contribution in [2.24, 2.45) is 4.99 Å². The first kappa shape index (κ1) is 19.4. The molecule has 1 aliphatic rings. The number of nitrogens with zero attached hydrogens (tertiary/aromatic N) is 2. The van der Waals surface area contributed by atoms with Crippen LogP contribution >= 0.6 is 11.8 Å². The monoisotopic (exact) mass is 380 g/mol. The Kier molecular flexibility index (Phi) is 6.82. The highest BCUT2D eigenvalue weighted by atomic mass is 32.2. The highest BCUT2D eigenvalue weighted by Crippen LogP contribution is 2.21. The van der Waals surface area contributed by atoms with Gasteiger partial charge in [0.05, 0.1) is 0 Å². The summed E-state index contributed by atoms with van der Waals surface area (Å²) in [6.45, 7) is 5.65. The molecule has 0 saturated carbocycles. The molecule has 0 aliphatic carbocycles. The van der Waals surface area contributed by atoms with E-state index in [0.717, 1.165) is 32.1 Å². The summed E-state index contributed by atoms with van der Waals surface area (Å²) in [6.07, 6.45) is 6.54. The van der Waals surface area contributed by atoms with E-state index in [4.69, 9.17) is 0 Å². The topological polar surface area (TPSA) is 39.7 Å². The first-order valence-electron chi connectivity index (χ1n) is 9.26. The minimum atomic E-state index is 0.751. The van der Waals surface area contributed by atoms with Gasteiger partial charge < -0.3 is 15.5 Å². The number of rotatable bonds is 6. The van der Waals surface area contributed by atoms with Crippen LogP contribution in [-0.4, -0.2) is 32.4 Å². The van der Waals surface area contributed by atoms with Gasteiger partial charge in [0, 0.05) is 43.8 Å². The number of hydrogen-bond acceptors (Lipinski definition) is 3. The minimum absolute atomic E-state index is 0.751. The van der Waals surface area contributed by atoms with Crippen LogP contribution in [0.25, 0.3) is 0 Å². The van der Waals surface area contributed by atoms with Gasteiger partial charge in [-0.15, -0.1) is 11.8 Å². The molecule has 0 saturated heterocycles. The number of thioether (sulfide) groups is 1. The lowest BCUT2D eigenvalue weighted by Crippen LogP contribution is -2.36. The molecule has 0 aromatic heterocycles. The predicted octanol–water partition coefficient (Wildman–Crippen LogP) is 3.96. The molecule has 0 spiro atoms. The molecule has 3 rings (SSSR count). The van der Waals surface area contributed by atoms with Gasteiger partial charge in [-0.1, -0.05) is 36.4 Å². The molecule has 142 valence electrons. The van der Waals surface area contributed by atoms with E-state index in [0.29, 0.717) is 0 Å². The molecule has 4 nitrogen and oxygen atoms in total. The van der Waals surface area contributed by atoms with Gasteiger partial charge in [-0.2, -0.15) is 0 Å². The van der Waals surface area contributed by atoms with E-state index in [1.165, 1.54) is 27.3 Å². The molecule has 0 fully saturated rings. The number of anilines is 1. The van der Waals surface area contributed by atoms with E-state index in [1.807, 2.05) is 7.05 Å². The average molecular weight is 381 g/mol. The van der Waals surface area contributed by atoms with Gasteiger partial charge in [-0.3, -0.25) is 4.99 Å². The number of guanidine groups is 1. The standard InChI is InChI=1S/C22H28N4S/c1-17-6-9-19(21(14-17)27-3)16-25-22(23-2)24-15-18-7-10-20(11-8-18)26-12-4-5-13-26/h4-11,14H,12-13,15-16H2,1-3H3,(H2,23,24,25). The quantitative estimate of drug-likeness (QED) is 0.344. The molecule has 27 heavy (non-hydrogen) atoms. The molecule has 0 amide bonds. The highest BCUT2D eigenvalue weighted by molar-refractivity contribution is 7.98. The van der Waals surface area contributed by atoms with Crippen molar-refractivity contribution in [3.05, 3.63) is 71.3 Å². The van der Waals surface area contributed by atoms with Crippen LogP contribution in [0.2, 0.25) is 0 Å². The van der Waals surface area contributed by atoms with Gasteiger partial charge in [-0.25, -0.2) is 0 Å². The van der Waals surface area contributed by atoms with Crippen molar-refractivity contribution in [1.82, 2.24) is 10.6 Å². The minimum Gasteiger partial charge on any atom is -0.364 e. The molecule has 2 N–H and O–H groups in total. The third-order valence-corrected chi connectivity index (χ3v) is 5.51. The SMILES string of the molecule is CN=C(NCc1ccc(N2CC=CC2)cc1)NCc1ccc(C)cc1SC. The van der Waals surface area contributed by atoms with Crippen LogP contribution in [0, 0.1) is 6.92 Å². The first-order chi connectivity index (χ1) is 13.2. The summed E-state index contributed by atoms with van der Waals surface area (Å²) < 4.78 is 0. The maximum absolute atomic E-state index is 4.34. The Balaban J connectivity index is 1.52. The number of nitrogens with one attached hydrogen (secondary N) is 2. The van der Waals surface area contributed by atoms with Crippen LogP contribution < -0.4 is 15.5 Å².